The number of carbonyl (C=O) groups excluding carboxylic acids is 1. The van der Waals surface area contributed by atoms with Crippen LogP contribution in [0.15, 0.2) is 24.3 Å². The normalized spacial score (nSPS) is 12.2. The van der Waals surface area contributed by atoms with Crippen molar-refractivity contribution in [2.75, 3.05) is 7.11 Å². The number of methoxy groups -OCH3 is 1. The average Bonchev–Trinajstić information content (AvgIpc) is 2.27. The minimum absolute atomic E-state index is 0.356. The summed E-state index contributed by atoms with van der Waals surface area (Å²) in [6, 6.07) is 7.44. The summed E-state index contributed by atoms with van der Waals surface area (Å²) in [5.41, 5.74) is 2.23. The highest BCUT2D eigenvalue weighted by atomic mass is 35.5. The highest BCUT2D eigenvalue weighted by molar-refractivity contribution is 6.14. The van der Waals surface area contributed by atoms with Crippen LogP contribution in [0.4, 0.5) is 0 Å². The van der Waals surface area contributed by atoms with Gasteiger partial charge in [-0.05, 0) is 30.7 Å². The number of aryl methyl sites for hydroxylation is 1. The zero-order chi connectivity index (χ0) is 11.3. The van der Waals surface area contributed by atoms with Gasteiger partial charge in [0.05, 0.1) is 7.11 Å². The first-order chi connectivity index (χ1) is 7.17. The van der Waals surface area contributed by atoms with Crippen LogP contribution in [0.5, 0.6) is 0 Å². The van der Waals surface area contributed by atoms with Crippen molar-refractivity contribution in [2.45, 2.75) is 19.4 Å². The van der Waals surface area contributed by atoms with E-state index in [9.17, 15) is 4.79 Å². The van der Waals surface area contributed by atoms with Crippen LogP contribution in [0.25, 0.3) is 0 Å². The number of esters is 1. The van der Waals surface area contributed by atoms with E-state index in [0.717, 1.165) is 5.56 Å². The van der Waals surface area contributed by atoms with E-state index in [0.29, 0.717) is 6.42 Å². The fourth-order valence-electron chi connectivity index (χ4n) is 1.27. The van der Waals surface area contributed by atoms with E-state index >= 15 is 0 Å². The Hall–Kier alpha value is -1.06. The largest absolute Gasteiger partial charge is 0.468 e. The molecule has 0 saturated carbocycles. The second-order valence-electron chi connectivity index (χ2n) is 3.37. The van der Waals surface area contributed by atoms with Crippen LogP contribution in [0.2, 0.25) is 0 Å². The monoisotopic (exact) mass is 227 g/mol. The first-order valence-corrected chi connectivity index (χ1v) is 5.04. The maximum Gasteiger partial charge on any atom is 0.324 e. The third kappa shape index (κ3) is 3.53. The molecule has 3 nitrogen and oxygen atoms in total. The van der Waals surface area contributed by atoms with Crippen molar-refractivity contribution in [3.05, 3.63) is 35.4 Å². The smallest absolute Gasteiger partial charge is 0.324 e. The molecule has 0 bridgehead atoms. The molecular formula is C11H14ClNO2. The fraction of sp³-hybridized carbons (Fsp3) is 0.364. The van der Waals surface area contributed by atoms with Crippen LogP contribution < -0.4 is 4.84 Å². The van der Waals surface area contributed by atoms with Crippen LogP contribution in [-0.2, 0) is 16.0 Å². The molecule has 1 aromatic carbocycles. The number of carbonyl (C=O) groups is 1. The van der Waals surface area contributed by atoms with E-state index in [1.165, 1.54) is 12.7 Å². The van der Waals surface area contributed by atoms with Crippen LogP contribution in [-0.4, -0.2) is 19.1 Å². The Morgan fingerprint density at radius 1 is 1.47 bits per heavy atom. The third-order valence-corrected chi connectivity index (χ3v) is 2.44. The molecule has 0 aliphatic rings. The maximum absolute atomic E-state index is 11.2. The van der Waals surface area contributed by atoms with Gasteiger partial charge in [0.25, 0.3) is 0 Å². The van der Waals surface area contributed by atoms with Crippen LogP contribution in [0.1, 0.15) is 11.1 Å². The second-order valence-corrected chi connectivity index (χ2v) is 3.59. The van der Waals surface area contributed by atoms with Crippen LogP contribution >= 0.6 is 11.8 Å². The average molecular weight is 228 g/mol. The van der Waals surface area contributed by atoms with Crippen molar-refractivity contribution in [3.63, 3.8) is 0 Å². The Bertz CT molecular complexity index is 324. The number of hydrogen-bond acceptors (Lipinski definition) is 3. The minimum Gasteiger partial charge on any atom is -0.468 e. The molecule has 82 valence electrons. The van der Waals surface area contributed by atoms with Gasteiger partial charge in [-0.1, -0.05) is 29.8 Å². The summed E-state index contributed by atoms with van der Waals surface area (Å²) in [6.07, 6.45) is 0.524. The third-order valence-electron chi connectivity index (χ3n) is 2.18. The number of benzene rings is 1. The minimum atomic E-state index is -0.501. The SMILES string of the molecule is COC(=O)[C@H](Cc1ccc(C)cc1)NCl. The summed E-state index contributed by atoms with van der Waals surface area (Å²) in [7, 11) is 1.35. The summed E-state index contributed by atoms with van der Waals surface area (Å²) < 4.78 is 4.61. The van der Waals surface area contributed by atoms with Crippen molar-refractivity contribution in [2.24, 2.45) is 0 Å². The van der Waals surface area contributed by atoms with Crippen molar-refractivity contribution in [1.82, 2.24) is 4.84 Å². The van der Waals surface area contributed by atoms with Gasteiger partial charge in [-0.25, -0.2) is 4.84 Å². The van der Waals surface area contributed by atoms with Gasteiger partial charge in [0, 0.05) is 0 Å². The predicted octanol–water partition coefficient (Wildman–Crippen LogP) is 1.82. The molecule has 0 radical (unpaired) electrons. The molecule has 1 atom stereocenters. The zero-order valence-corrected chi connectivity index (χ0v) is 9.54. The number of hydrogen-bond donors (Lipinski definition) is 1. The summed E-state index contributed by atoms with van der Waals surface area (Å²) >= 11 is 5.47. The quantitative estimate of drug-likeness (QED) is 0.630. The number of rotatable bonds is 4. The lowest BCUT2D eigenvalue weighted by molar-refractivity contribution is -0.142. The van der Waals surface area contributed by atoms with E-state index in [1.807, 2.05) is 31.2 Å². The lowest BCUT2D eigenvalue weighted by atomic mass is 10.1. The molecule has 0 spiro atoms. The Balaban J connectivity index is 2.66. The molecule has 0 amide bonds. The summed E-state index contributed by atoms with van der Waals surface area (Å²) in [4.78, 5) is 13.7. The van der Waals surface area contributed by atoms with Gasteiger partial charge in [-0.15, -0.1) is 0 Å². The second kappa shape index (κ2) is 5.73. The van der Waals surface area contributed by atoms with E-state index in [1.54, 1.807) is 0 Å². The highest BCUT2D eigenvalue weighted by Crippen LogP contribution is 2.07. The molecular weight excluding hydrogens is 214 g/mol. The summed E-state index contributed by atoms with van der Waals surface area (Å²) in [5.74, 6) is -0.356. The van der Waals surface area contributed by atoms with Gasteiger partial charge in [-0.3, -0.25) is 4.79 Å². The fourth-order valence-corrected chi connectivity index (χ4v) is 1.43. The molecule has 15 heavy (non-hydrogen) atoms. The maximum atomic E-state index is 11.2. The topological polar surface area (TPSA) is 38.3 Å². The molecule has 1 rings (SSSR count). The number of nitrogens with one attached hydrogen (secondary N) is 1. The van der Waals surface area contributed by atoms with Crippen LogP contribution in [0, 0.1) is 6.92 Å². The Morgan fingerprint density at radius 2 is 2.07 bits per heavy atom. The van der Waals surface area contributed by atoms with E-state index in [4.69, 9.17) is 11.8 Å². The van der Waals surface area contributed by atoms with E-state index in [-0.39, 0.29) is 5.97 Å². The molecule has 0 saturated heterocycles. The van der Waals surface area contributed by atoms with Crippen molar-refractivity contribution in [3.8, 4) is 0 Å². The molecule has 0 fully saturated rings. The van der Waals surface area contributed by atoms with Crippen molar-refractivity contribution in [1.29, 1.82) is 0 Å². The van der Waals surface area contributed by atoms with Crippen molar-refractivity contribution < 1.29 is 9.53 Å². The number of ether oxygens (including phenoxy) is 1. The molecule has 0 heterocycles. The van der Waals surface area contributed by atoms with Gasteiger partial charge in [0.2, 0.25) is 0 Å². The lowest BCUT2D eigenvalue weighted by Crippen LogP contribution is -2.33. The first kappa shape index (κ1) is 12.0. The first-order valence-electron chi connectivity index (χ1n) is 4.67. The van der Waals surface area contributed by atoms with Gasteiger partial charge in [0.15, 0.2) is 0 Å². The molecule has 1 N–H and O–H groups in total. The number of halogens is 1. The lowest BCUT2D eigenvalue weighted by Gasteiger charge is -2.11. The van der Waals surface area contributed by atoms with Gasteiger partial charge >= 0.3 is 5.97 Å². The Labute approximate surface area is 94.5 Å². The van der Waals surface area contributed by atoms with Gasteiger partial charge < -0.3 is 4.74 Å². The summed E-state index contributed by atoms with van der Waals surface area (Å²) in [5, 5.41) is 0. The summed E-state index contributed by atoms with van der Waals surface area (Å²) in [6.45, 7) is 2.02. The Kier molecular flexibility index (Phi) is 4.59. The molecule has 0 aromatic heterocycles. The van der Waals surface area contributed by atoms with Crippen LogP contribution in [0.3, 0.4) is 0 Å². The van der Waals surface area contributed by atoms with Gasteiger partial charge in [0.1, 0.15) is 6.04 Å². The molecule has 0 aliphatic carbocycles. The molecule has 4 heteroatoms. The zero-order valence-electron chi connectivity index (χ0n) is 8.79. The predicted molar refractivity (Wildman–Crippen MR) is 59.7 cm³/mol. The molecule has 1 aromatic rings. The standard InChI is InChI=1S/C11H14ClNO2/c1-8-3-5-9(6-4-8)7-10(13-12)11(14)15-2/h3-6,10,13H,7H2,1-2H3/t10-/m0/s1. The van der Waals surface area contributed by atoms with Crippen molar-refractivity contribution >= 4 is 17.7 Å². The highest BCUT2D eigenvalue weighted by Gasteiger charge is 2.17. The van der Waals surface area contributed by atoms with E-state index < -0.39 is 6.04 Å². The molecule has 0 aliphatic heterocycles. The van der Waals surface area contributed by atoms with E-state index in [2.05, 4.69) is 9.57 Å². The Morgan fingerprint density at radius 3 is 2.53 bits per heavy atom. The molecule has 0 unspecified atom stereocenters. The van der Waals surface area contributed by atoms with Gasteiger partial charge in [-0.2, -0.15) is 0 Å².